The summed E-state index contributed by atoms with van der Waals surface area (Å²) in [5, 5.41) is -0.425. The number of hydrogen-bond donors (Lipinski definition) is 0. The molecule has 2 rings (SSSR count). The molecular weight excluding hydrogens is 340 g/mol. The number of likely N-dealkylation sites (N-methyl/N-ethyl adjacent to an activating group) is 1. The summed E-state index contributed by atoms with van der Waals surface area (Å²) in [5.74, 6) is -0.0268. The van der Waals surface area contributed by atoms with Crippen molar-refractivity contribution in [2.75, 3.05) is 26.2 Å². The van der Waals surface area contributed by atoms with Crippen LogP contribution in [-0.4, -0.2) is 53.1 Å². The third-order valence-electron chi connectivity index (χ3n) is 3.79. The molecule has 1 heterocycles. The lowest BCUT2D eigenvalue weighted by atomic mass is 10.2. The summed E-state index contributed by atoms with van der Waals surface area (Å²) in [5.41, 5.74) is 0.727. The Morgan fingerprint density at radius 2 is 1.88 bits per heavy atom. The second-order valence-electron chi connectivity index (χ2n) is 5.30. The maximum Gasteiger partial charge on any atom is 0.294 e. The van der Waals surface area contributed by atoms with Crippen LogP contribution in [0.25, 0.3) is 6.08 Å². The van der Waals surface area contributed by atoms with E-state index >= 15 is 0 Å². The molecule has 0 atom stereocenters. The number of carbonyl (C=O) groups excluding carboxylic acids is 3. The van der Waals surface area contributed by atoms with Crippen molar-refractivity contribution in [1.29, 1.82) is 0 Å². The summed E-state index contributed by atoms with van der Waals surface area (Å²) in [6.45, 7) is 6.97. The average Bonchev–Trinajstić information content (AvgIpc) is 2.85. The van der Waals surface area contributed by atoms with Gasteiger partial charge in [-0.1, -0.05) is 18.2 Å². The monoisotopic (exact) mass is 362 g/mol. The van der Waals surface area contributed by atoms with Gasteiger partial charge in [-0.2, -0.15) is 0 Å². The molecule has 0 aliphatic carbocycles. The van der Waals surface area contributed by atoms with Crippen molar-refractivity contribution in [3.63, 3.8) is 0 Å². The molecule has 1 saturated heterocycles. The molecule has 1 aromatic rings. The fourth-order valence-corrected chi connectivity index (χ4v) is 3.31. The lowest BCUT2D eigenvalue weighted by Crippen LogP contribution is -2.41. The molecule has 0 bridgehead atoms. The van der Waals surface area contributed by atoms with Crippen LogP contribution < -0.4 is 4.74 Å². The molecule has 6 nitrogen and oxygen atoms in total. The fourth-order valence-electron chi connectivity index (χ4n) is 2.48. The van der Waals surface area contributed by atoms with E-state index in [1.165, 1.54) is 0 Å². The first-order valence-corrected chi connectivity index (χ1v) is 9.08. The molecule has 0 radical (unpaired) electrons. The zero-order valence-electron chi connectivity index (χ0n) is 14.7. The summed E-state index contributed by atoms with van der Waals surface area (Å²) >= 11 is 0.845. The molecule has 0 saturated carbocycles. The summed E-state index contributed by atoms with van der Waals surface area (Å²) in [6, 6.07) is 7.31. The highest BCUT2D eigenvalue weighted by Crippen LogP contribution is 2.33. The minimum absolute atomic E-state index is 0.225. The van der Waals surface area contributed by atoms with Crippen molar-refractivity contribution in [3.8, 4) is 5.75 Å². The average molecular weight is 362 g/mol. The molecule has 7 heteroatoms. The molecule has 0 N–H and O–H groups in total. The van der Waals surface area contributed by atoms with E-state index in [1.807, 2.05) is 45.0 Å². The second kappa shape index (κ2) is 8.71. The number of para-hydroxylation sites is 1. The van der Waals surface area contributed by atoms with Gasteiger partial charge in [0.25, 0.3) is 11.1 Å². The van der Waals surface area contributed by atoms with Crippen LogP contribution in [0.1, 0.15) is 26.3 Å². The van der Waals surface area contributed by atoms with E-state index in [1.54, 1.807) is 11.0 Å². The smallest absolute Gasteiger partial charge is 0.294 e. The molecule has 0 aromatic heterocycles. The maximum absolute atomic E-state index is 12.5. The summed E-state index contributed by atoms with van der Waals surface area (Å²) in [4.78, 5) is 39.8. The normalized spacial score (nSPS) is 15.8. The van der Waals surface area contributed by atoms with Crippen LogP contribution in [0.5, 0.6) is 5.75 Å². The van der Waals surface area contributed by atoms with Gasteiger partial charge in [0.05, 0.1) is 11.5 Å². The highest BCUT2D eigenvalue weighted by atomic mass is 32.2. The summed E-state index contributed by atoms with van der Waals surface area (Å²) in [6.07, 6.45) is 1.64. The summed E-state index contributed by atoms with van der Waals surface area (Å²) in [7, 11) is 0. The van der Waals surface area contributed by atoms with Gasteiger partial charge in [-0.25, -0.2) is 0 Å². The second-order valence-corrected chi connectivity index (χ2v) is 6.30. The Kier molecular flexibility index (Phi) is 6.64. The zero-order chi connectivity index (χ0) is 18.4. The van der Waals surface area contributed by atoms with Crippen molar-refractivity contribution in [3.05, 3.63) is 34.7 Å². The molecule has 0 spiro atoms. The zero-order valence-corrected chi connectivity index (χ0v) is 15.5. The molecular formula is C18H22N2O4S. The largest absolute Gasteiger partial charge is 0.493 e. The molecule has 1 fully saturated rings. The predicted molar refractivity (Wildman–Crippen MR) is 98.2 cm³/mol. The van der Waals surface area contributed by atoms with Crippen LogP contribution in [-0.2, 0) is 9.59 Å². The van der Waals surface area contributed by atoms with E-state index in [-0.39, 0.29) is 12.5 Å². The van der Waals surface area contributed by atoms with E-state index < -0.39 is 11.1 Å². The van der Waals surface area contributed by atoms with E-state index in [0.29, 0.717) is 30.4 Å². The standard InChI is InChI=1S/C18H22N2O4S/c1-4-19(5-2)16(21)12-20-17(22)15(25-18(20)23)11-13-9-7-8-10-14(13)24-6-3/h7-11H,4-6,12H2,1-3H3/b15-11-. The first-order chi connectivity index (χ1) is 12.0. The highest BCUT2D eigenvalue weighted by Gasteiger charge is 2.37. The van der Waals surface area contributed by atoms with Gasteiger partial charge in [0.2, 0.25) is 5.91 Å². The van der Waals surface area contributed by atoms with Crippen molar-refractivity contribution >= 4 is 34.9 Å². The Morgan fingerprint density at radius 1 is 1.20 bits per heavy atom. The molecule has 1 aliphatic heterocycles. The number of ether oxygens (including phenoxy) is 1. The SMILES string of the molecule is CCOc1ccccc1/C=C1\SC(=O)N(CC(=O)N(CC)CC)C1=O. The number of imide groups is 1. The Labute approximate surface area is 151 Å². The first-order valence-electron chi connectivity index (χ1n) is 8.26. The van der Waals surface area contributed by atoms with Gasteiger partial charge in [0, 0.05) is 18.7 Å². The molecule has 25 heavy (non-hydrogen) atoms. The quantitative estimate of drug-likeness (QED) is 0.698. The predicted octanol–water partition coefficient (Wildman–Crippen LogP) is 2.99. The van der Waals surface area contributed by atoms with Gasteiger partial charge >= 0.3 is 0 Å². The van der Waals surface area contributed by atoms with Gasteiger partial charge in [-0.3, -0.25) is 19.3 Å². The molecule has 1 aromatic carbocycles. The minimum atomic E-state index is -0.443. The minimum Gasteiger partial charge on any atom is -0.493 e. The van der Waals surface area contributed by atoms with Gasteiger partial charge in [0.15, 0.2) is 0 Å². The third-order valence-corrected chi connectivity index (χ3v) is 4.70. The maximum atomic E-state index is 12.5. The van der Waals surface area contributed by atoms with Crippen molar-refractivity contribution < 1.29 is 19.1 Å². The molecule has 134 valence electrons. The number of amides is 3. The van der Waals surface area contributed by atoms with E-state index in [4.69, 9.17) is 4.74 Å². The Balaban J connectivity index is 2.19. The number of carbonyl (C=O) groups is 3. The molecule has 0 unspecified atom stereocenters. The van der Waals surface area contributed by atoms with Gasteiger partial charge in [-0.05, 0) is 44.7 Å². The van der Waals surface area contributed by atoms with Crippen LogP contribution in [0.15, 0.2) is 29.2 Å². The number of nitrogens with zero attached hydrogens (tertiary/aromatic N) is 2. The molecule has 1 aliphatic rings. The topological polar surface area (TPSA) is 66.9 Å². The van der Waals surface area contributed by atoms with Crippen LogP contribution in [0.3, 0.4) is 0 Å². The molecule has 3 amide bonds. The van der Waals surface area contributed by atoms with Crippen LogP contribution >= 0.6 is 11.8 Å². The van der Waals surface area contributed by atoms with Gasteiger partial charge < -0.3 is 9.64 Å². The van der Waals surface area contributed by atoms with E-state index in [2.05, 4.69) is 0 Å². The number of rotatable bonds is 7. The van der Waals surface area contributed by atoms with E-state index in [0.717, 1.165) is 22.2 Å². The fraction of sp³-hybridized carbons (Fsp3) is 0.389. The van der Waals surface area contributed by atoms with E-state index in [9.17, 15) is 14.4 Å². The Hall–Kier alpha value is -2.28. The number of hydrogen-bond acceptors (Lipinski definition) is 5. The van der Waals surface area contributed by atoms with Gasteiger partial charge in [-0.15, -0.1) is 0 Å². The lowest BCUT2D eigenvalue weighted by Gasteiger charge is -2.21. The Bertz CT molecular complexity index is 698. The Morgan fingerprint density at radius 3 is 2.52 bits per heavy atom. The summed E-state index contributed by atoms with van der Waals surface area (Å²) < 4.78 is 5.54. The number of thioether (sulfide) groups is 1. The van der Waals surface area contributed by atoms with Crippen molar-refractivity contribution in [1.82, 2.24) is 9.80 Å². The first kappa shape index (κ1) is 19.1. The lowest BCUT2D eigenvalue weighted by molar-refractivity contribution is -0.135. The third kappa shape index (κ3) is 4.42. The number of benzene rings is 1. The van der Waals surface area contributed by atoms with Crippen molar-refractivity contribution in [2.45, 2.75) is 20.8 Å². The van der Waals surface area contributed by atoms with Crippen LogP contribution in [0.2, 0.25) is 0 Å². The highest BCUT2D eigenvalue weighted by molar-refractivity contribution is 8.18. The van der Waals surface area contributed by atoms with Crippen LogP contribution in [0, 0.1) is 0 Å². The van der Waals surface area contributed by atoms with Crippen LogP contribution in [0.4, 0.5) is 4.79 Å². The van der Waals surface area contributed by atoms with Gasteiger partial charge in [0.1, 0.15) is 12.3 Å². The van der Waals surface area contributed by atoms with Crippen molar-refractivity contribution in [2.24, 2.45) is 0 Å².